The van der Waals surface area contributed by atoms with Crippen LogP contribution in [-0.4, -0.2) is 66.9 Å². The molecule has 0 aliphatic carbocycles. The molecule has 1 atom stereocenters. The standard InChI is InChI=1S/C19H29BrN4O2/c1-3-4-9-21-18(25)14-23-10-12-24(13-11-23)15(2)19(26)22-17-7-5-16(20)6-8-17/h5-8,15H,3-4,9-14H2,1-2H3,(H,21,25)(H,22,26). The van der Waals surface area contributed by atoms with Gasteiger partial charge in [-0.2, -0.15) is 0 Å². The van der Waals surface area contributed by atoms with Crippen LogP contribution < -0.4 is 10.6 Å². The van der Waals surface area contributed by atoms with Gasteiger partial charge in [0, 0.05) is 42.9 Å². The van der Waals surface area contributed by atoms with E-state index in [1.54, 1.807) is 0 Å². The van der Waals surface area contributed by atoms with E-state index in [-0.39, 0.29) is 17.9 Å². The summed E-state index contributed by atoms with van der Waals surface area (Å²) in [6.45, 7) is 8.42. The molecule has 1 fully saturated rings. The first-order valence-corrected chi connectivity index (χ1v) is 10.1. The van der Waals surface area contributed by atoms with E-state index in [0.717, 1.165) is 55.7 Å². The predicted molar refractivity (Wildman–Crippen MR) is 108 cm³/mol. The Morgan fingerprint density at radius 2 is 1.81 bits per heavy atom. The molecule has 26 heavy (non-hydrogen) atoms. The maximum absolute atomic E-state index is 12.5. The Morgan fingerprint density at radius 3 is 2.42 bits per heavy atom. The van der Waals surface area contributed by atoms with Crippen molar-refractivity contribution in [3.63, 3.8) is 0 Å². The van der Waals surface area contributed by atoms with Crippen molar-refractivity contribution < 1.29 is 9.59 Å². The number of anilines is 1. The number of carbonyl (C=O) groups excluding carboxylic acids is 2. The molecule has 1 aromatic rings. The first kappa shape index (κ1) is 20.9. The zero-order valence-electron chi connectivity index (χ0n) is 15.6. The van der Waals surface area contributed by atoms with Crippen LogP contribution in [0.1, 0.15) is 26.7 Å². The molecule has 1 heterocycles. The first-order valence-electron chi connectivity index (χ1n) is 9.29. The molecule has 0 spiro atoms. The molecule has 0 radical (unpaired) electrons. The fourth-order valence-corrected chi connectivity index (χ4v) is 3.18. The molecule has 1 saturated heterocycles. The number of nitrogens with zero attached hydrogens (tertiary/aromatic N) is 2. The smallest absolute Gasteiger partial charge is 0.241 e. The lowest BCUT2D eigenvalue weighted by Gasteiger charge is -2.37. The minimum Gasteiger partial charge on any atom is -0.355 e. The minimum absolute atomic E-state index is 0.00178. The van der Waals surface area contributed by atoms with Crippen molar-refractivity contribution in [1.82, 2.24) is 15.1 Å². The van der Waals surface area contributed by atoms with E-state index in [1.807, 2.05) is 31.2 Å². The molecule has 2 N–H and O–H groups in total. The Labute approximate surface area is 164 Å². The van der Waals surface area contributed by atoms with Crippen LogP contribution in [0.2, 0.25) is 0 Å². The molecule has 1 aliphatic rings. The number of benzene rings is 1. The van der Waals surface area contributed by atoms with Crippen molar-refractivity contribution in [2.75, 3.05) is 44.6 Å². The first-order chi connectivity index (χ1) is 12.5. The fraction of sp³-hybridized carbons (Fsp3) is 0.579. The molecule has 1 unspecified atom stereocenters. The normalized spacial score (nSPS) is 16.9. The molecule has 2 amide bonds. The zero-order valence-corrected chi connectivity index (χ0v) is 17.2. The van der Waals surface area contributed by atoms with Crippen LogP contribution in [-0.2, 0) is 9.59 Å². The molecule has 1 aliphatic heterocycles. The van der Waals surface area contributed by atoms with E-state index in [9.17, 15) is 9.59 Å². The lowest BCUT2D eigenvalue weighted by atomic mass is 10.2. The number of halogens is 1. The molecule has 7 heteroatoms. The Bertz CT molecular complexity index is 586. The van der Waals surface area contributed by atoms with Gasteiger partial charge in [-0.3, -0.25) is 19.4 Å². The zero-order chi connectivity index (χ0) is 18.9. The van der Waals surface area contributed by atoms with Crippen LogP contribution in [0.25, 0.3) is 0 Å². The molecule has 6 nitrogen and oxygen atoms in total. The second-order valence-electron chi connectivity index (χ2n) is 6.69. The third-order valence-corrected chi connectivity index (χ3v) is 5.19. The van der Waals surface area contributed by atoms with Gasteiger partial charge in [-0.25, -0.2) is 0 Å². The van der Waals surface area contributed by atoms with Crippen LogP contribution >= 0.6 is 15.9 Å². The van der Waals surface area contributed by atoms with Crippen LogP contribution in [0.15, 0.2) is 28.7 Å². The second kappa shape index (κ2) is 10.6. The average Bonchev–Trinajstić information content (AvgIpc) is 2.64. The molecular formula is C19H29BrN4O2. The predicted octanol–water partition coefficient (Wildman–Crippen LogP) is 2.31. The average molecular weight is 425 g/mol. The minimum atomic E-state index is -0.195. The number of piperazine rings is 1. The van der Waals surface area contributed by atoms with E-state index < -0.39 is 0 Å². The van der Waals surface area contributed by atoms with E-state index in [1.165, 1.54) is 0 Å². The van der Waals surface area contributed by atoms with Crippen LogP contribution in [0.4, 0.5) is 5.69 Å². The van der Waals surface area contributed by atoms with Gasteiger partial charge in [-0.1, -0.05) is 29.3 Å². The largest absolute Gasteiger partial charge is 0.355 e. The quantitative estimate of drug-likeness (QED) is 0.628. The van der Waals surface area contributed by atoms with Crippen molar-refractivity contribution in [2.24, 2.45) is 0 Å². The number of rotatable bonds is 8. The van der Waals surface area contributed by atoms with Crippen molar-refractivity contribution in [3.05, 3.63) is 28.7 Å². The lowest BCUT2D eigenvalue weighted by Crippen LogP contribution is -2.54. The van der Waals surface area contributed by atoms with Crippen molar-refractivity contribution >= 4 is 33.4 Å². The van der Waals surface area contributed by atoms with E-state index in [4.69, 9.17) is 0 Å². The van der Waals surface area contributed by atoms with E-state index >= 15 is 0 Å². The summed E-state index contributed by atoms with van der Waals surface area (Å²) in [7, 11) is 0. The van der Waals surface area contributed by atoms with Crippen LogP contribution in [0, 0.1) is 0 Å². The van der Waals surface area contributed by atoms with Crippen molar-refractivity contribution in [2.45, 2.75) is 32.7 Å². The SMILES string of the molecule is CCCCNC(=O)CN1CCN(C(C)C(=O)Nc2ccc(Br)cc2)CC1. The number of hydrogen-bond donors (Lipinski definition) is 2. The Balaban J connectivity index is 1.73. The molecule has 144 valence electrons. The lowest BCUT2D eigenvalue weighted by molar-refractivity contribution is -0.124. The molecule has 0 bridgehead atoms. The Morgan fingerprint density at radius 1 is 1.15 bits per heavy atom. The maximum atomic E-state index is 12.5. The highest BCUT2D eigenvalue weighted by atomic mass is 79.9. The van der Waals surface area contributed by atoms with Gasteiger partial charge in [0.25, 0.3) is 0 Å². The van der Waals surface area contributed by atoms with Gasteiger partial charge in [-0.15, -0.1) is 0 Å². The molecule has 0 aromatic heterocycles. The van der Waals surface area contributed by atoms with Crippen LogP contribution in [0.5, 0.6) is 0 Å². The summed E-state index contributed by atoms with van der Waals surface area (Å²) >= 11 is 3.39. The van der Waals surface area contributed by atoms with Gasteiger partial charge in [0.1, 0.15) is 0 Å². The molecular weight excluding hydrogens is 396 g/mol. The summed E-state index contributed by atoms with van der Waals surface area (Å²) in [5.74, 6) is 0.0889. The molecule has 1 aromatic carbocycles. The van der Waals surface area contributed by atoms with Crippen LogP contribution in [0.3, 0.4) is 0 Å². The number of amides is 2. The third-order valence-electron chi connectivity index (χ3n) is 4.67. The van der Waals surface area contributed by atoms with E-state index in [2.05, 4.69) is 43.3 Å². The molecule has 2 rings (SSSR count). The highest BCUT2D eigenvalue weighted by Crippen LogP contribution is 2.15. The fourth-order valence-electron chi connectivity index (χ4n) is 2.92. The second-order valence-corrected chi connectivity index (χ2v) is 7.60. The number of nitrogens with one attached hydrogen (secondary N) is 2. The number of hydrogen-bond acceptors (Lipinski definition) is 4. The highest BCUT2D eigenvalue weighted by molar-refractivity contribution is 9.10. The van der Waals surface area contributed by atoms with Gasteiger partial charge in [0.2, 0.25) is 11.8 Å². The number of unbranched alkanes of at least 4 members (excludes halogenated alkanes) is 1. The Kier molecular flexibility index (Phi) is 8.54. The van der Waals surface area contributed by atoms with Gasteiger partial charge in [0.05, 0.1) is 12.6 Å². The van der Waals surface area contributed by atoms with Gasteiger partial charge in [-0.05, 0) is 37.6 Å². The summed E-state index contributed by atoms with van der Waals surface area (Å²) in [5, 5.41) is 5.91. The van der Waals surface area contributed by atoms with Crippen molar-refractivity contribution in [1.29, 1.82) is 0 Å². The van der Waals surface area contributed by atoms with Gasteiger partial charge in [0.15, 0.2) is 0 Å². The monoisotopic (exact) mass is 424 g/mol. The summed E-state index contributed by atoms with van der Waals surface area (Å²) in [4.78, 5) is 28.7. The van der Waals surface area contributed by atoms with E-state index in [0.29, 0.717) is 6.54 Å². The molecule has 0 saturated carbocycles. The van der Waals surface area contributed by atoms with Gasteiger partial charge < -0.3 is 10.6 Å². The van der Waals surface area contributed by atoms with Crippen molar-refractivity contribution in [3.8, 4) is 0 Å². The maximum Gasteiger partial charge on any atom is 0.241 e. The number of carbonyl (C=O) groups is 2. The highest BCUT2D eigenvalue weighted by Gasteiger charge is 2.26. The summed E-state index contributed by atoms with van der Waals surface area (Å²) < 4.78 is 0.985. The summed E-state index contributed by atoms with van der Waals surface area (Å²) in [5.41, 5.74) is 0.799. The topological polar surface area (TPSA) is 64.7 Å². The Hall–Kier alpha value is -1.44. The third kappa shape index (κ3) is 6.70. The summed E-state index contributed by atoms with van der Waals surface area (Å²) in [6.07, 6.45) is 2.10. The van der Waals surface area contributed by atoms with Gasteiger partial charge >= 0.3 is 0 Å². The summed E-state index contributed by atoms with van der Waals surface area (Å²) in [6, 6.07) is 7.38.